The van der Waals surface area contributed by atoms with Gasteiger partial charge in [-0.05, 0) is 18.1 Å². The second kappa shape index (κ2) is 3.91. The molecule has 1 aromatic rings. The SMILES string of the molecule is Cc1ccc(CO)c(C#N)c1C(F)(F)F. The number of alkyl halides is 3. The summed E-state index contributed by atoms with van der Waals surface area (Å²) >= 11 is 0. The van der Waals surface area contributed by atoms with Crippen LogP contribution in [0.15, 0.2) is 12.1 Å². The molecule has 0 aliphatic heterocycles. The molecular formula is C10H8F3NO. The molecule has 0 aliphatic rings. The number of nitriles is 1. The summed E-state index contributed by atoms with van der Waals surface area (Å²) in [5.74, 6) is 0. The van der Waals surface area contributed by atoms with Crippen molar-refractivity contribution in [3.63, 3.8) is 0 Å². The third kappa shape index (κ3) is 2.10. The monoisotopic (exact) mass is 215 g/mol. The second-order valence-corrected chi connectivity index (χ2v) is 3.06. The molecule has 0 amide bonds. The van der Waals surface area contributed by atoms with Crippen molar-refractivity contribution in [2.45, 2.75) is 19.7 Å². The van der Waals surface area contributed by atoms with Gasteiger partial charge >= 0.3 is 6.18 Å². The summed E-state index contributed by atoms with van der Waals surface area (Å²) in [7, 11) is 0. The molecule has 0 spiro atoms. The summed E-state index contributed by atoms with van der Waals surface area (Å²) in [6.45, 7) is 0.705. The van der Waals surface area contributed by atoms with Crippen LogP contribution in [0.2, 0.25) is 0 Å². The molecule has 0 saturated heterocycles. The lowest BCUT2D eigenvalue weighted by Crippen LogP contribution is -2.12. The summed E-state index contributed by atoms with van der Waals surface area (Å²) < 4.78 is 37.7. The lowest BCUT2D eigenvalue weighted by molar-refractivity contribution is -0.138. The van der Waals surface area contributed by atoms with Crippen LogP contribution in [0.3, 0.4) is 0 Å². The number of halogens is 3. The molecule has 80 valence electrons. The highest BCUT2D eigenvalue weighted by Crippen LogP contribution is 2.35. The predicted octanol–water partition coefficient (Wildman–Crippen LogP) is 2.38. The number of hydrogen-bond acceptors (Lipinski definition) is 2. The predicted molar refractivity (Wildman–Crippen MR) is 46.8 cm³/mol. The van der Waals surface area contributed by atoms with Crippen LogP contribution in [0, 0.1) is 18.3 Å². The van der Waals surface area contributed by atoms with E-state index in [4.69, 9.17) is 10.4 Å². The molecule has 2 nitrogen and oxygen atoms in total. The standard InChI is InChI=1S/C10H8F3NO/c1-6-2-3-7(5-15)8(4-14)9(6)10(11,12)13/h2-3,15H,5H2,1H3. The quantitative estimate of drug-likeness (QED) is 0.781. The Morgan fingerprint density at radius 3 is 2.40 bits per heavy atom. The maximum atomic E-state index is 12.6. The zero-order valence-electron chi connectivity index (χ0n) is 7.89. The Kier molecular flexibility index (Phi) is 3.01. The van der Waals surface area contributed by atoms with Gasteiger partial charge < -0.3 is 5.11 Å². The van der Waals surface area contributed by atoms with E-state index in [1.54, 1.807) is 0 Å². The molecule has 0 atom stereocenters. The lowest BCUT2D eigenvalue weighted by atomic mass is 9.97. The van der Waals surface area contributed by atoms with Crippen LogP contribution >= 0.6 is 0 Å². The van der Waals surface area contributed by atoms with Gasteiger partial charge in [-0.3, -0.25) is 0 Å². The molecule has 5 heteroatoms. The molecule has 1 aromatic carbocycles. The Labute approximate surface area is 84.6 Å². The lowest BCUT2D eigenvalue weighted by Gasteiger charge is -2.13. The van der Waals surface area contributed by atoms with E-state index in [0.717, 1.165) is 0 Å². The van der Waals surface area contributed by atoms with Crippen molar-refractivity contribution in [2.24, 2.45) is 0 Å². The summed E-state index contributed by atoms with van der Waals surface area (Å²) in [5, 5.41) is 17.5. The number of hydrogen-bond donors (Lipinski definition) is 1. The molecule has 0 unspecified atom stereocenters. The molecule has 0 aromatic heterocycles. The van der Waals surface area contributed by atoms with Crippen molar-refractivity contribution in [2.75, 3.05) is 0 Å². The first kappa shape index (κ1) is 11.5. The topological polar surface area (TPSA) is 44.0 Å². The van der Waals surface area contributed by atoms with Crippen molar-refractivity contribution in [1.29, 1.82) is 5.26 Å². The normalized spacial score (nSPS) is 11.2. The van der Waals surface area contributed by atoms with Gasteiger partial charge in [0.15, 0.2) is 0 Å². The Morgan fingerprint density at radius 1 is 1.40 bits per heavy atom. The van der Waals surface area contributed by atoms with E-state index in [0.29, 0.717) is 0 Å². The Bertz CT molecular complexity index is 418. The average Bonchev–Trinajstić information content (AvgIpc) is 2.15. The zero-order chi connectivity index (χ0) is 11.6. The number of benzene rings is 1. The first-order valence-electron chi connectivity index (χ1n) is 4.12. The van der Waals surface area contributed by atoms with E-state index in [1.165, 1.54) is 25.1 Å². The van der Waals surface area contributed by atoms with Gasteiger partial charge in [0, 0.05) is 0 Å². The Morgan fingerprint density at radius 2 is 2.00 bits per heavy atom. The van der Waals surface area contributed by atoms with Crippen molar-refractivity contribution < 1.29 is 18.3 Å². The first-order chi connectivity index (χ1) is 6.91. The van der Waals surface area contributed by atoms with Gasteiger partial charge in [-0.1, -0.05) is 12.1 Å². The number of aliphatic hydroxyl groups excluding tert-OH is 1. The minimum Gasteiger partial charge on any atom is -0.392 e. The number of aryl methyl sites for hydroxylation is 1. The van der Waals surface area contributed by atoms with Gasteiger partial charge in [0.2, 0.25) is 0 Å². The van der Waals surface area contributed by atoms with Gasteiger partial charge in [0.1, 0.15) is 6.07 Å². The smallest absolute Gasteiger partial charge is 0.392 e. The molecule has 0 heterocycles. The van der Waals surface area contributed by atoms with Crippen LogP contribution in [-0.2, 0) is 12.8 Å². The molecule has 0 aliphatic carbocycles. The molecule has 0 saturated carbocycles. The number of aliphatic hydroxyl groups is 1. The van der Waals surface area contributed by atoms with Gasteiger partial charge in [0.25, 0.3) is 0 Å². The molecular weight excluding hydrogens is 207 g/mol. The van der Waals surface area contributed by atoms with Crippen LogP contribution in [-0.4, -0.2) is 5.11 Å². The largest absolute Gasteiger partial charge is 0.417 e. The van der Waals surface area contributed by atoms with E-state index >= 15 is 0 Å². The van der Waals surface area contributed by atoms with E-state index in [9.17, 15) is 13.2 Å². The highest BCUT2D eigenvalue weighted by molar-refractivity contribution is 5.49. The van der Waals surface area contributed by atoms with Gasteiger partial charge in [-0.2, -0.15) is 18.4 Å². The molecule has 15 heavy (non-hydrogen) atoms. The second-order valence-electron chi connectivity index (χ2n) is 3.06. The maximum absolute atomic E-state index is 12.6. The van der Waals surface area contributed by atoms with E-state index in [-0.39, 0.29) is 11.1 Å². The van der Waals surface area contributed by atoms with E-state index < -0.39 is 23.9 Å². The third-order valence-corrected chi connectivity index (χ3v) is 2.07. The summed E-state index contributed by atoms with van der Waals surface area (Å²) in [6, 6.07) is 4.05. The first-order valence-corrected chi connectivity index (χ1v) is 4.12. The Balaban J connectivity index is 3.55. The van der Waals surface area contributed by atoms with Crippen LogP contribution in [0.4, 0.5) is 13.2 Å². The average molecular weight is 215 g/mol. The van der Waals surface area contributed by atoms with Crippen molar-refractivity contribution in [1.82, 2.24) is 0 Å². The summed E-state index contributed by atoms with van der Waals surface area (Å²) in [5.41, 5.74) is -1.48. The Hall–Kier alpha value is -1.54. The van der Waals surface area contributed by atoms with Crippen molar-refractivity contribution in [3.05, 3.63) is 34.4 Å². The molecule has 0 bridgehead atoms. The molecule has 1 N–H and O–H groups in total. The van der Waals surface area contributed by atoms with Crippen LogP contribution < -0.4 is 0 Å². The minimum atomic E-state index is -4.57. The van der Waals surface area contributed by atoms with Gasteiger partial charge in [-0.15, -0.1) is 0 Å². The molecule has 0 radical (unpaired) electrons. The van der Waals surface area contributed by atoms with E-state index in [1.807, 2.05) is 0 Å². The fourth-order valence-corrected chi connectivity index (χ4v) is 1.37. The van der Waals surface area contributed by atoms with Gasteiger partial charge in [0.05, 0.1) is 17.7 Å². The highest BCUT2D eigenvalue weighted by atomic mass is 19.4. The molecule has 0 fully saturated rings. The zero-order valence-corrected chi connectivity index (χ0v) is 7.89. The molecule has 1 rings (SSSR count). The minimum absolute atomic E-state index is 0.00424. The summed E-state index contributed by atoms with van der Waals surface area (Å²) in [4.78, 5) is 0. The van der Waals surface area contributed by atoms with Crippen molar-refractivity contribution >= 4 is 0 Å². The fraction of sp³-hybridized carbons (Fsp3) is 0.300. The maximum Gasteiger partial charge on any atom is 0.417 e. The number of nitrogens with zero attached hydrogens (tertiary/aromatic N) is 1. The van der Waals surface area contributed by atoms with Crippen LogP contribution in [0.25, 0.3) is 0 Å². The third-order valence-electron chi connectivity index (χ3n) is 2.07. The van der Waals surface area contributed by atoms with Gasteiger partial charge in [-0.25, -0.2) is 0 Å². The van der Waals surface area contributed by atoms with Crippen LogP contribution in [0.5, 0.6) is 0 Å². The highest BCUT2D eigenvalue weighted by Gasteiger charge is 2.36. The van der Waals surface area contributed by atoms with E-state index in [2.05, 4.69) is 0 Å². The number of rotatable bonds is 1. The van der Waals surface area contributed by atoms with Crippen LogP contribution in [0.1, 0.15) is 22.3 Å². The fourth-order valence-electron chi connectivity index (χ4n) is 1.37. The van der Waals surface area contributed by atoms with Crippen molar-refractivity contribution in [3.8, 4) is 6.07 Å². The summed E-state index contributed by atoms with van der Waals surface area (Å²) in [6.07, 6.45) is -4.57.